The number of carboxylic acids is 1. The summed E-state index contributed by atoms with van der Waals surface area (Å²) in [6.07, 6.45) is -3.12. The highest BCUT2D eigenvalue weighted by molar-refractivity contribution is 6.15. The van der Waals surface area contributed by atoms with Crippen LogP contribution in [0.2, 0.25) is 0 Å². The van der Waals surface area contributed by atoms with Crippen molar-refractivity contribution < 1.29 is 28.2 Å². The van der Waals surface area contributed by atoms with Crippen molar-refractivity contribution >= 4 is 39.5 Å². The minimum Gasteiger partial charge on any atom is -0.508 e. The van der Waals surface area contributed by atoms with E-state index in [4.69, 9.17) is 21.4 Å². The molecule has 0 atom stereocenters. The van der Waals surface area contributed by atoms with Crippen molar-refractivity contribution in [1.29, 1.82) is 0 Å². The lowest BCUT2D eigenvalue weighted by molar-refractivity contribution is -0.192. The third-order valence-corrected chi connectivity index (χ3v) is 4.26. The van der Waals surface area contributed by atoms with Crippen LogP contribution in [0.15, 0.2) is 42.6 Å². The molecule has 2 heterocycles. The lowest BCUT2D eigenvalue weighted by Gasteiger charge is -2.11. The number of hydrogen-bond acceptors (Lipinski definition) is 6. The van der Waals surface area contributed by atoms with Gasteiger partial charge in [0.25, 0.3) is 0 Å². The second-order valence-corrected chi connectivity index (χ2v) is 6.33. The number of benzene rings is 2. The number of rotatable bonds is 1. The minimum atomic E-state index is -5.08. The number of aromatic hydroxyl groups is 1. The number of phenols is 1. The molecule has 0 bridgehead atoms. The van der Waals surface area contributed by atoms with Gasteiger partial charge >= 0.3 is 12.1 Å². The van der Waals surface area contributed by atoms with Gasteiger partial charge in [0.1, 0.15) is 11.6 Å². The first-order chi connectivity index (χ1) is 14.0. The fourth-order valence-electron chi connectivity index (χ4n) is 3.06. The fraction of sp³-hybridized carbons (Fsp3) is 0.105. The number of phenolic OH excluding ortho intramolecular Hbond substituents is 1. The van der Waals surface area contributed by atoms with Gasteiger partial charge in [-0.2, -0.15) is 18.2 Å². The number of fused-ring (bicyclic) bond motifs is 3. The fourth-order valence-corrected chi connectivity index (χ4v) is 3.06. The molecule has 0 radical (unpaired) electrons. The SMILES string of the molecule is Cn1ccc2c3c(N)nc(N)nc3cc(-c3cccc(O)c3)c21.O=C(O)C(F)(F)F. The molecule has 0 aliphatic carbocycles. The van der Waals surface area contributed by atoms with Gasteiger partial charge in [-0.15, -0.1) is 0 Å². The Balaban J connectivity index is 0.000000318. The molecule has 0 fully saturated rings. The van der Waals surface area contributed by atoms with E-state index < -0.39 is 12.1 Å². The lowest BCUT2D eigenvalue weighted by Crippen LogP contribution is -2.21. The molecule has 0 saturated heterocycles. The molecule has 8 nitrogen and oxygen atoms in total. The molecule has 0 amide bonds. The van der Waals surface area contributed by atoms with Gasteiger partial charge in [-0.1, -0.05) is 12.1 Å². The van der Waals surface area contributed by atoms with Gasteiger partial charge in [-0.3, -0.25) is 0 Å². The Hall–Kier alpha value is -4.02. The van der Waals surface area contributed by atoms with Crippen LogP contribution in [0, 0.1) is 0 Å². The van der Waals surface area contributed by atoms with E-state index >= 15 is 0 Å². The maximum absolute atomic E-state index is 10.6. The van der Waals surface area contributed by atoms with E-state index in [1.165, 1.54) is 0 Å². The number of nitrogen functional groups attached to an aromatic ring is 2. The number of aryl methyl sites for hydroxylation is 1. The van der Waals surface area contributed by atoms with E-state index in [-0.39, 0.29) is 11.7 Å². The van der Waals surface area contributed by atoms with Crippen LogP contribution in [0.4, 0.5) is 24.9 Å². The highest BCUT2D eigenvalue weighted by Crippen LogP contribution is 2.37. The summed E-state index contributed by atoms with van der Waals surface area (Å²) in [7, 11) is 1.97. The Labute approximate surface area is 167 Å². The number of aliphatic carboxylic acids is 1. The number of alkyl halides is 3. The van der Waals surface area contributed by atoms with Crippen LogP contribution in [0.3, 0.4) is 0 Å². The zero-order valence-electron chi connectivity index (χ0n) is 15.5. The van der Waals surface area contributed by atoms with Gasteiger partial charge in [0, 0.05) is 24.2 Å². The van der Waals surface area contributed by atoms with E-state index in [2.05, 4.69) is 9.97 Å². The standard InChI is InChI=1S/C17H15N5O.C2HF3O2/c1-22-6-5-11-14-13(20-17(19)21-16(14)18)8-12(15(11)22)9-3-2-4-10(23)7-9;3-2(4,5)1(6)7/h2-8,23H,1H3,(H4,18,19,20,21);(H,6,7). The first kappa shape index (κ1) is 20.7. The number of hydrogen-bond donors (Lipinski definition) is 4. The minimum absolute atomic E-state index is 0.146. The summed E-state index contributed by atoms with van der Waals surface area (Å²) in [6, 6.07) is 11.0. The molecular weight excluding hydrogens is 403 g/mol. The summed E-state index contributed by atoms with van der Waals surface area (Å²) in [5, 5.41) is 18.7. The van der Waals surface area contributed by atoms with Gasteiger partial charge in [-0.05, 0) is 29.8 Å². The van der Waals surface area contributed by atoms with Crippen molar-refractivity contribution in [2.45, 2.75) is 6.18 Å². The zero-order valence-corrected chi connectivity index (χ0v) is 15.5. The van der Waals surface area contributed by atoms with Gasteiger partial charge in [0.15, 0.2) is 0 Å². The molecule has 2 aromatic carbocycles. The van der Waals surface area contributed by atoms with Crippen molar-refractivity contribution in [3.8, 4) is 16.9 Å². The van der Waals surface area contributed by atoms with Gasteiger partial charge in [0.05, 0.1) is 16.4 Å². The molecule has 0 aliphatic rings. The van der Waals surface area contributed by atoms with E-state index in [0.717, 1.165) is 27.4 Å². The molecule has 4 rings (SSSR count). The quantitative estimate of drug-likeness (QED) is 0.371. The summed E-state index contributed by atoms with van der Waals surface area (Å²) in [5.74, 6) is -2.03. The van der Waals surface area contributed by atoms with Crippen LogP contribution in [-0.2, 0) is 11.8 Å². The number of carboxylic acid groups (broad SMARTS) is 1. The summed E-state index contributed by atoms with van der Waals surface area (Å²) in [5.41, 5.74) is 15.3. The number of aromatic nitrogens is 3. The Bertz CT molecular complexity index is 1270. The molecular formula is C19H16F3N5O3. The molecule has 2 aromatic heterocycles. The van der Waals surface area contributed by atoms with Gasteiger partial charge in [-0.25, -0.2) is 9.78 Å². The number of halogens is 3. The van der Waals surface area contributed by atoms with Crippen molar-refractivity contribution in [3.05, 3.63) is 42.6 Å². The monoisotopic (exact) mass is 419 g/mol. The average Bonchev–Trinajstić information content (AvgIpc) is 3.02. The summed E-state index contributed by atoms with van der Waals surface area (Å²) in [6.45, 7) is 0. The maximum atomic E-state index is 10.6. The van der Waals surface area contributed by atoms with Crippen LogP contribution in [0.5, 0.6) is 5.75 Å². The average molecular weight is 419 g/mol. The third kappa shape index (κ3) is 3.90. The molecule has 0 saturated carbocycles. The molecule has 11 heteroatoms. The predicted molar refractivity (Wildman–Crippen MR) is 106 cm³/mol. The van der Waals surface area contributed by atoms with Crippen LogP contribution < -0.4 is 11.5 Å². The lowest BCUT2D eigenvalue weighted by atomic mass is 9.99. The number of nitrogens with two attached hydrogens (primary N) is 2. The van der Waals surface area contributed by atoms with E-state index in [0.29, 0.717) is 11.3 Å². The normalized spacial score (nSPS) is 11.3. The number of nitrogens with zero attached hydrogens (tertiary/aromatic N) is 3. The van der Waals surface area contributed by atoms with Crippen LogP contribution in [-0.4, -0.2) is 36.9 Å². The molecule has 4 aromatic rings. The summed E-state index contributed by atoms with van der Waals surface area (Å²) < 4.78 is 33.8. The van der Waals surface area contributed by atoms with Crippen molar-refractivity contribution in [2.24, 2.45) is 7.05 Å². The number of anilines is 2. The highest BCUT2D eigenvalue weighted by atomic mass is 19.4. The Morgan fingerprint density at radius 2 is 1.80 bits per heavy atom. The largest absolute Gasteiger partial charge is 0.508 e. The van der Waals surface area contributed by atoms with E-state index in [9.17, 15) is 18.3 Å². The Morgan fingerprint density at radius 1 is 1.13 bits per heavy atom. The van der Waals surface area contributed by atoms with Crippen molar-refractivity contribution in [1.82, 2.24) is 14.5 Å². The van der Waals surface area contributed by atoms with Crippen molar-refractivity contribution in [3.63, 3.8) is 0 Å². The highest BCUT2D eigenvalue weighted by Gasteiger charge is 2.38. The van der Waals surface area contributed by atoms with Gasteiger partial charge in [0.2, 0.25) is 5.95 Å². The van der Waals surface area contributed by atoms with E-state index in [1.54, 1.807) is 12.1 Å². The van der Waals surface area contributed by atoms with Crippen LogP contribution >= 0.6 is 0 Å². The first-order valence-electron chi connectivity index (χ1n) is 8.39. The third-order valence-electron chi connectivity index (χ3n) is 4.26. The first-order valence-corrected chi connectivity index (χ1v) is 8.39. The molecule has 30 heavy (non-hydrogen) atoms. The Kier molecular flexibility index (Phi) is 5.13. The molecule has 6 N–H and O–H groups in total. The zero-order chi connectivity index (χ0) is 22.2. The second kappa shape index (κ2) is 7.43. The van der Waals surface area contributed by atoms with Gasteiger partial charge < -0.3 is 26.2 Å². The van der Waals surface area contributed by atoms with E-state index in [1.807, 2.05) is 42.1 Å². The van der Waals surface area contributed by atoms with Crippen LogP contribution in [0.1, 0.15) is 0 Å². The molecule has 0 spiro atoms. The molecule has 0 aliphatic heterocycles. The second-order valence-electron chi connectivity index (χ2n) is 6.33. The van der Waals surface area contributed by atoms with Crippen LogP contribution in [0.25, 0.3) is 32.9 Å². The topological polar surface area (TPSA) is 140 Å². The number of carbonyl (C=O) groups is 1. The smallest absolute Gasteiger partial charge is 0.490 e. The Morgan fingerprint density at radius 3 is 2.40 bits per heavy atom. The maximum Gasteiger partial charge on any atom is 0.490 e. The summed E-state index contributed by atoms with van der Waals surface area (Å²) in [4.78, 5) is 17.3. The van der Waals surface area contributed by atoms with Crippen molar-refractivity contribution in [2.75, 3.05) is 11.5 Å². The summed E-state index contributed by atoms with van der Waals surface area (Å²) >= 11 is 0. The predicted octanol–water partition coefficient (Wildman–Crippen LogP) is 3.29. The molecule has 156 valence electrons. The molecule has 0 unspecified atom stereocenters.